The third-order valence-electron chi connectivity index (χ3n) is 12.4. The summed E-state index contributed by atoms with van der Waals surface area (Å²) in [5.41, 5.74) is 0.347. The highest BCUT2D eigenvalue weighted by Gasteiger charge is 2.60. The van der Waals surface area contributed by atoms with E-state index in [-0.39, 0.29) is 33.9 Å². The molecule has 5 heterocycles. The van der Waals surface area contributed by atoms with Crippen molar-refractivity contribution in [2.75, 3.05) is 57.3 Å². The fraction of sp³-hybridized carbons (Fsp3) is 0.684. The van der Waals surface area contributed by atoms with Gasteiger partial charge in [0.15, 0.2) is 11.6 Å². The van der Waals surface area contributed by atoms with E-state index < -0.39 is 5.82 Å². The predicted molar refractivity (Wildman–Crippen MR) is 187 cm³/mol. The molecule has 5 aliphatic rings. The molecule has 3 spiro atoms. The maximum absolute atomic E-state index is 14.3. The maximum Gasteiger partial charge on any atom is 0.257 e. The summed E-state index contributed by atoms with van der Waals surface area (Å²) < 4.78 is 20.6. The molecule has 1 aliphatic carbocycles. The molecule has 0 unspecified atom stereocenters. The van der Waals surface area contributed by atoms with Gasteiger partial charge in [0.25, 0.3) is 5.91 Å². The van der Waals surface area contributed by atoms with E-state index in [1.807, 2.05) is 20.8 Å². The molecule has 4 saturated heterocycles. The van der Waals surface area contributed by atoms with E-state index in [1.165, 1.54) is 37.4 Å². The van der Waals surface area contributed by atoms with Crippen LogP contribution in [0.2, 0.25) is 0 Å². The largest absolute Gasteiger partial charge is 0.451 e. The summed E-state index contributed by atoms with van der Waals surface area (Å²) in [6.45, 7) is 17.8. The molecule has 1 aromatic heterocycles. The molecule has 10 nitrogen and oxygen atoms in total. The predicted octanol–water partition coefficient (Wildman–Crippen LogP) is 5.34. The van der Waals surface area contributed by atoms with Gasteiger partial charge in [-0.2, -0.15) is 0 Å². The molecule has 49 heavy (non-hydrogen) atoms. The first kappa shape index (κ1) is 34.2. The van der Waals surface area contributed by atoms with Crippen LogP contribution in [0.3, 0.4) is 0 Å². The van der Waals surface area contributed by atoms with Crippen LogP contribution in [-0.2, 0) is 4.79 Å². The van der Waals surface area contributed by atoms with Crippen LogP contribution in [0, 0.1) is 22.6 Å². The highest BCUT2D eigenvalue weighted by molar-refractivity contribution is 5.97. The zero-order valence-electron chi connectivity index (χ0n) is 30.0. The van der Waals surface area contributed by atoms with E-state index in [0.717, 1.165) is 77.9 Å². The Hall–Kier alpha value is -3.31. The topological polar surface area (TPSA) is 94.1 Å². The van der Waals surface area contributed by atoms with Crippen LogP contribution >= 0.6 is 0 Å². The summed E-state index contributed by atoms with van der Waals surface area (Å²) in [4.78, 5) is 44.2. The van der Waals surface area contributed by atoms with Crippen molar-refractivity contribution < 1.29 is 18.7 Å². The Balaban J connectivity index is 0.910. The standard InChI is InChI=1S/C38H54FN7O3/c1-6-46(27(4)5)34(47)30-17-29(39)7-8-31(30)49-32-18-40-25-41-33(32)45-21-36(22-45)13-15-43(16-14-36)19-28-9-11-38(12-10-28)20-37(35(48)42-38)23-44(24-37)26(2)3/h7-8,17-18,25-28H,6,9-16,19-24H2,1-5H3,(H,42,48). The molecule has 1 N–H and O–H groups in total. The van der Waals surface area contributed by atoms with Crippen LogP contribution in [0.4, 0.5) is 10.2 Å². The lowest BCUT2D eigenvalue weighted by Gasteiger charge is -2.55. The second-order valence-corrected chi connectivity index (χ2v) is 16.4. The smallest absolute Gasteiger partial charge is 0.257 e. The van der Waals surface area contributed by atoms with Crippen LogP contribution in [0.1, 0.15) is 89.9 Å². The van der Waals surface area contributed by atoms with Gasteiger partial charge in [0, 0.05) is 62.3 Å². The van der Waals surface area contributed by atoms with Gasteiger partial charge in [-0.15, -0.1) is 0 Å². The van der Waals surface area contributed by atoms with Gasteiger partial charge >= 0.3 is 0 Å². The second-order valence-electron chi connectivity index (χ2n) is 16.4. The maximum atomic E-state index is 14.3. The number of hydrogen-bond donors (Lipinski definition) is 1. The third kappa shape index (κ3) is 6.53. The lowest BCUT2D eigenvalue weighted by atomic mass is 9.68. The van der Waals surface area contributed by atoms with Gasteiger partial charge in [-0.1, -0.05) is 0 Å². The van der Waals surface area contributed by atoms with Crippen molar-refractivity contribution in [1.29, 1.82) is 0 Å². The van der Waals surface area contributed by atoms with Crippen LogP contribution in [-0.4, -0.2) is 106 Å². The van der Waals surface area contributed by atoms with E-state index in [9.17, 15) is 14.0 Å². The Morgan fingerprint density at radius 1 is 1.06 bits per heavy atom. The van der Waals surface area contributed by atoms with Gasteiger partial charge in [0.05, 0.1) is 17.2 Å². The fourth-order valence-electron chi connectivity index (χ4n) is 9.41. The van der Waals surface area contributed by atoms with Crippen molar-refractivity contribution in [3.8, 4) is 11.5 Å². The Morgan fingerprint density at radius 3 is 2.43 bits per heavy atom. The van der Waals surface area contributed by atoms with E-state index in [1.54, 1.807) is 11.1 Å². The summed E-state index contributed by atoms with van der Waals surface area (Å²) in [5.74, 6) is 1.74. The summed E-state index contributed by atoms with van der Waals surface area (Å²) in [7, 11) is 0. The minimum Gasteiger partial charge on any atom is -0.451 e. The average Bonchev–Trinajstić information content (AvgIpc) is 3.33. The number of benzene rings is 1. The molecule has 2 amide bonds. The zero-order valence-corrected chi connectivity index (χ0v) is 30.0. The number of hydrogen-bond acceptors (Lipinski definition) is 8. The molecule has 2 aromatic rings. The number of likely N-dealkylation sites (tertiary alicyclic amines) is 2. The number of rotatable bonds is 9. The van der Waals surface area contributed by atoms with E-state index in [4.69, 9.17) is 4.74 Å². The van der Waals surface area contributed by atoms with Gasteiger partial charge in [0.1, 0.15) is 17.9 Å². The summed E-state index contributed by atoms with van der Waals surface area (Å²) >= 11 is 0. The molecule has 1 saturated carbocycles. The number of halogens is 1. The van der Waals surface area contributed by atoms with Crippen molar-refractivity contribution in [2.24, 2.45) is 16.7 Å². The number of amides is 2. The van der Waals surface area contributed by atoms with Gasteiger partial charge in [-0.25, -0.2) is 14.4 Å². The quantitative estimate of drug-likeness (QED) is 0.381. The van der Waals surface area contributed by atoms with Crippen molar-refractivity contribution >= 4 is 17.6 Å². The van der Waals surface area contributed by atoms with Gasteiger partial charge in [-0.3, -0.25) is 14.5 Å². The molecule has 0 bridgehead atoms. The molecule has 0 atom stereocenters. The number of aromatic nitrogens is 2. The SMILES string of the molecule is CCN(C(=O)c1cc(F)ccc1Oc1cncnc1N1CC2(CCN(CC3CCC4(CC3)CC3(CN(C(C)C)C3)C(=O)N4)CC2)C1)C(C)C. The number of ether oxygens (including phenoxy) is 1. The van der Waals surface area contributed by atoms with E-state index in [0.29, 0.717) is 41.7 Å². The molecule has 0 radical (unpaired) electrons. The number of carbonyl (C=O) groups is 2. The molecular formula is C38H54FN7O3. The molecule has 1 aromatic carbocycles. The van der Waals surface area contributed by atoms with Gasteiger partial charge < -0.3 is 24.8 Å². The first-order valence-corrected chi connectivity index (χ1v) is 18.6. The molecule has 266 valence electrons. The van der Waals surface area contributed by atoms with Crippen LogP contribution in [0.5, 0.6) is 11.5 Å². The Kier molecular flexibility index (Phi) is 9.13. The zero-order chi connectivity index (χ0) is 34.6. The summed E-state index contributed by atoms with van der Waals surface area (Å²) in [6, 6.07) is 4.57. The van der Waals surface area contributed by atoms with E-state index in [2.05, 4.69) is 43.8 Å². The minimum atomic E-state index is -0.481. The average molecular weight is 676 g/mol. The molecular weight excluding hydrogens is 621 g/mol. The van der Waals surface area contributed by atoms with Gasteiger partial charge in [-0.05, 0) is 117 Å². The lowest BCUT2D eigenvalue weighted by molar-refractivity contribution is -0.138. The van der Waals surface area contributed by atoms with E-state index >= 15 is 0 Å². The fourth-order valence-corrected chi connectivity index (χ4v) is 9.41. The first-order chi connectivity index (χ1) is 23.4. The van der Waals surface area contributed by atoms with Crippen molar-refractivity contribution in [2.45, 2.75) is 97.2 Å². The number of carbonyl (C=O) groups excluding carboxylic acids is 2. The van der Waals surface area contributed by atoms with Crippen LogP contribution in [0.25, 0.3) is 0 Å². The first-order valence-electron chi connectivity index (χ1n) is 18.6. The molecule has 7 rings (SSSR count). The van der Waals surface area contributed by atoms with Crippen molar-refractivity contribution in [3.63, 3.8) is 0 Å². The number of piperidine rings is 1. The molecule has 4 aliphatic heterocycles. The van der Waals surface area contributed by atoms with Crippen LogP contribution < -0.4 is 15.0 Å². The summed E-state index contributed by atoms with van der Waals surface area (Å²) in [6.07, 6.45) is 11.1. The number of anilines is 1. The Labute approximate surface area is 290 Å². The Bertz CT molecular complexity index is 1540. The highest BCUT2D eigenvalue weighted by atomic mass is 19.1. The minimum absolute atomic E-state index is 0.0271. The molecule has 5 fully saturated rings. The second kappa shape index (κ2) is 13.1. The van der Waals surface area contributed by atoms with Crippen molar-refractivity contribution in [3.05, 3.63) is 42.1 Å². The monoisotopic (exact) mass is 675 g/mol. The number of nitrogens with one attached hydrogen (secondary N) is 1. The normalized spacial score (nSPS) is 26.3. The van der Waals surface area contributed by atoms with Crippen LogP contribution in [0.15, 0.2) is 30.7 Å². The molecule has 11 heteroatoms. The van der Waals surface area contributed by atoms with Gasteiger partial charge in [0.2, 0.25) is 5.91 Å². The van der Waals surface area contributed by atoms with Crippen molar-refractivity contribution in [1.82, 2.24) is 30.0 Å². The summed E-state index contributed by atoms with van der Waals surface area (Å²) in [5, 5.41) is 3.49. The lowest BCUT2D eigenvalue weighted by Crippen LogP contribution is -2.61. The third-order valence-corrected chi connectivity index (χ3v) is 12.4. The Morgan fingerprint density at radius 2 is 1.78 bits per heavy atom. The highest BCUT2D eigenvalue weighted by Crippen LogP contribution is 2.50. The number of nitrogens with zero attached hydrogens (tertiary/aromatic N) is 6.